The molecule has 2 rings (SSSR count). The van der Waals surface area contributed by atoms with E-state index in [1.54, 1.807) is 6.07 Å². The van der Waals surface area contributed by atoms with Gasteiger partial charge < -0.3 is 25.4 Å². The monoisotopic (exact) mass is 402 g/mol. The van der Waals surface area contributed by atoms with Crippen molar-refractivity contribution in [2.75, 3.05) is 26.2 Å². The highest BCUT2D eigenvalue weighted by Crippen LogP contribution is 2.28. The Hall–Kier alpha value is -0.825. The molecule has 1 aliphatic rings. The highest BCUT2D eigenvalue weighted by Gasteiger charge is 2.36. The summed E-state index contributed by atoms with van der Waals surface area (Å²) in [6, 6.07) is 5.52. The van der Waals surface area contributed by atoms with E-state index in [0.29, 0.717) is 36.0 Å². The van der Waals surface area contributed by atoms with Crippen LogP contribution in [0.4, 0.5) is 0 Å². The van der Waals surface area contributed by atoms with Crippen LogP contribution in [0.3, 0.4) is 0 Å². The maximum Gasteiger partial charge on any atom is 0.451 e. The van der Waals surface area contributed by atoms with Crippen LogP contribution in [0.1, 0.15) is 18.4 Å². The molecule has 0 amide bonds. The van der Waals surface area contributed by atoms with Gasteiger partial charge in [-0.25, -0.2) is 0 Å². The van der Waals surface area contributed by atoms with E-state index in [1.807, 2.05) is 12.1 Å². The second-order valence-corrected chi connectivity index (χ2v) is 7.62. The largest absolute Gasteiger partial charge is 0.481 e. The van der Waals surface area contributed by atoms with Crippen LogP contribution < -0.4 is 5.32 Å². The molecule has 4 N–H and O–H groups in total. The average molecular weight is 403 g/mol. The SMILES string of the molecule is O=C(O)[C@@H]1CN(CCNCc2ccc(Cl)c(Cl)c2)C[C@@H]1CCCB(O)O. The highest BCUT2D eigenvalue weighted by molar-refractivity contribution is 6.42. The zero-order valence-electron chi connectivity index (χ0n) is 14.6. The number of hydrogen-bond donors (Lipinski definition) is 4. The van der Waals surface area contributed by atoms with Crippen LogP contribution in [-0.2, 0) is 11.3 Å². The number of rotatable bonds is 10. The summed E-state index contributed by atoms with van der Waals surface area (Å²) in [7, 11) is -1.32. The Labute approximate surface area is 164 Å². The zero-order chi connectivity index (χ0) is 19.1. The zero-order valence-corrected chi connectivity index (χ0v) is 16.1. The minimum absolute atomic E-state index is 0.0568. The fraction of sp³-hybridized carbons (Fsp3) is 0.588. The van der Waals surface area contributed by atoms with E-state index in [2.05, 4.69) is 10.2 Å². The number of carboxylic acids is 1. The molecule has 9 heteroatoms. The van der Waals surface area contributed by atoms with E-state index >= 15 is 0 Å². The quantitative estimate of drug-likeness (QED) is 0.353. The number of halogens is 2. The van der Waals surface area contributed by atoms with Gasteiger partial charge in [0, 0.05) is 32.7 Å². The van der Waals surface area contributed by atoms with Crippen molar-refractivity contribution in [1.82, 2.24) is 10.2 Å². The van der Waals surface area contributed by atoms with Crippen LogP contribution in [0.25, 0.3) is 0 Å². The molecule has 0 radical (unpaired) electrons. The molecule has 2 atom stereocenters. The van der Waals surface area contributed by atoms with Crippen molar-refractivity contribution in [2.24, 2.45) is 11.8 Å². The molecule has 6 nitrogen and oxygen atoms in total. The molecule has 0 spiro atoms. The number of nitrogens with zero attached hydrogens (tertiary/aromatic N) is 1. The lowest BCUT2D eigenvalue weighted by Crippen LogP contribution is -2.31. The maximum absolute atomic E-state index is 11.5. The van der Waals surface area contributed by atoms with Gasteiger partial charge in [0.25, 0.3) is 0 Å². The van der Waals surface area contributed by atoms with E-state index < -0.39 is 13.1 Å². The molecule has 0 saturated carbocycles. The van der Waals surface area contributed by atoms with Gasteiger partial charge in [0.2, 0.25) is 0 Å². The summed E-state index contributed by atoms with van der Waals surface area (Å²) >= 11 is 11.9. The van der Waals surface area contributed by atoms with Crippen molar-refractivity contribution in [3.63, 3.8) is 0 Å². The Balaban J connectivity index is 1.73. The standard InChI is InChI=1S/C17H25BCl2N2O4/c19-15-4-3-12(8-16(15)20)9-21-6-7-22-10-13(2-1-5-18(25)26)14(11-22)17(23)24/h3-4,8,13-14,21,25-26H,1-2,5-7,9-11H2,(H,23,24)/t13-,14+/m0/s1. The summed E-state index contributed by atoms with van der Waals surface area (Å²) in [6.07, 6.45) is 1.60. The van der Waals surface area contributed by atoms with Crippen molar-refractivity contribution >= 4 is 36.3 Å². The second-order valence-electron chi connectivity index (χ2n) is 6.80. The molecular weight excluding hydrogens is 378 g/mol. The van der Waals surface area contributed by atoms with Gasteiger partial charge in [-0.05, 0) is 36.4 Å². The fourth-order valence-electron chi connectivity index (χ4n) is 3.40. The van der Waals surface area contributed by atoms with E-state index in [-0.39, 0.29) is 18.2 Å². The molecule has 144 valence electrons. The van der Waals surface area contributed by atoms with Gasteiger partial charge in [0.15, 0.2) is 0 Å². The molecule has 1 aliphatic heterocycles. The Bertz CT molecular complexity index is 606. The summed E-state index contributed by atoms with van der Waals surface area (Å²) in [5.74, 6) is -1.10. The first-order valence-electron chi connectivity index (χ1n) is 8.82. The normalized spacial score (nSPS) is 20.5. The van der Waals surface area contributed by atoms with Crippen LogP contribution >= 0.6 is 23.2 Å². The van der Waals surface area contributed by atoms with Gasteiger partial charge in [-0.15, -0.1) is 0 Å². The minimum Gasteiger partial charge on any atom is -0.481 e. The van der Waals surface area contributed by atoms with Gasteiger partial charge in [-0.3, -0.25) is 4.79 Å². The first-order chi connectivity index (χ1) is 12.4. The molecular formula is C17H25BCl2N2O4. The predicted octanol–water partition coefficient (Wildman–Crippen LogP) is 1.97. The number of likely N-dealkylation sites (tertiary alicyclic amines) is 1. The van der Waals surface area contributed by atoms with Gasteiger partial charge >= 0.3 is 13.1 Å². The molecule has 1 heterocycles. The molecule has 0 bridgehead atoms. The Kier molecular flexibility index (Phi) is 8.67. The van der Waals surface area contributed by atoms with Crippen molar-refractivity contribution in [3.05, 3.63) is 33.8 Å². The summed E-state index contributed by atoms with van der Waals surface area (Å²) in [5.41, 5.74) is 1.05. The summed E-state index contributed by atoms with van der Waals surface area (Å²) in [5, 5.41) is 31.7. The Morgan fingerprint density at radius 2 is 2.04 bits per heavy atom. The van der Waals surface area contributed by atoms with E-state index in [1.165, 1.54) is 0 Å². The Morgan fingerprint density at radius 3 is 2.69 bits per heavy atom. The summed E-state index contributed by atoms with van der Waals surface area (Å²) < 4.78 is 0. The highest BCUT2D eigenvalue weighted by atomic mass is 35.5. The number of nitrogens with one attached hydrogen (secondary N) is 1. The van der Waals surface area contributed by atoms with Gasteiger partial charge in [0.05, 0.1) is 16.0 Å². The lowest BCUT2D eigenvalue weighted by atomic mass is 9.80. The molecule has 1 aromatic carbocycles. The molecule has 0 unspecified atom stereocenters. The third-order valence-corrected chi connectivity index (χ3v) is 5.53. The molecule has 1 aromatic rings. The first-order valence-corrected chi connectivity index (χ1v) is 9.58. The first kappa shape index (κ1) is 21.5. The number of carboxylic acid groups (broad SMARTS) is 1. The lowest BCUT2D eigenvalue weighted by Gasteiger charge is -2.16. The second kappa shape index (κ2) is 10.5. The predicted molar refractivity (Wildman–Crippen MR) is 103 cm³/mol. The summed E-state index contributed by atoms with van der Waals surface area (Å²) in [6.45, 7) is 3.45. The van der Waals surface area contributed by atoms with E-state index in [4.69, 9.17) is 33.2 Å². The van der Waals surface area contributed by atoms with Crippen LogP contribution in [-0.4, -0.2) is 59.3 Å². The van der Waals surface area contributed by atoms with Gasteiger partial charge in [-0.2, -0.15) is 0 Å². The van der Waals surface area contributed by atoms with Crippen LogP contribution in [0.15, 0.2) is 18.2 Å². The third kappa shape index (κ3) is 6.72. The topological polar surface area (TPSA) is 93.0 Å². The van der Waals surface area contributed by atoms with Crippen molar-refractivity contribution in [1.29, 1.82) is 0 Å². The molecule has 1 saturated heterocycles. The van der Waals surface area contributed by atoms with Gasteiger partial charge in [-0.1, -0.05) is 35.7 Å². The molecule has 0 aromatic heterocycles. The van der Waals surface area contributed by atoms with E-state index in [9.17, 15) is 9.90 Å². The number of carbonyl (C=O) groups is 1. The van der Waals surface area contributed by atoms with Gasteiger partial charge in [0.1, 0.15) is 0 Å². The van der Waals surface area contributed by atoms with Crippen molar-refractivity contribution in [3.8, 4) is 0 Å². The van der Waals surface area contributed by atoms with Crippen LogP contribution in [0.2, 0.25) is 16.4 Å². The van der Waals surface area contributed by atoms with E-state index in [0.717, 1.165) is 25.2 Å². The molecule has 1 fully saturated rings. The number of benzene rings is 1. The third-order valence-electron chi connectivity index (χ3n) is 4.79. The summed E-state index contributed by atoms with van der Waals surface area (Å²) in [4.78, 5) is 13.6. The van der Waals surface area contributed by atoms with Crippen molar-refractivity contribution in [2.45, 2.75) is 25.7 Å². The smallest absolute Gasteiger partial charge is 0.451 e. The fourth-order valence-corrected chi connectivity index (χ4v) is 3.72. The average Bonchev–Trinajstić information content (AvgIpc) is 2.98. The lowest BCUT2D eigenvalue weighted by molar-refractivity contribution is -0.142. The number of aliphatic carboxylic acids is 1. The van der Waals surface area contributed by atoms with Crippen LogP contribution in [0.5, 0.6) is 0 Å². The minimum atomic E-state index is -1.32. The van der Waals surface area contributed by atoms with Crippen molar-refractivity contribution < 1.29 is 19.9 Å². The number of hydrogen-bond acceptors (Lipinski definition) is 5. The molecule has 26 heavy (non-hydrogen) atoms. The Morgan fingerprint density at radius 1 is 1.27 bits per heavy atom. The maximum atomic E-state index is 11.5. The van der Waals surface area contributed by atoms with Crippen LogP contribution in [0, 0.1) is 11.8 Å². The molecule has 0 aliphatic carbocycles.